The average Bonchev–Trinajstić information content (AvgIpc) is 2.70. The van der Waals surface area contributed by atoms with Crippen LogP contribution in [0, 0.1) is 29.1 Å². The molecule has 0 radical (unpaired) electrons. The van der Waals surface area contributed by atoms with E-state index in [1.807, 2.05) is 12.1 Å². The summed E-state index contributed by atoms with van der Waals surface area (Å²) in [5.74, 6) is -11.2. The maximum absolute atomic E-state index is 13.6. The molecule has 0 saturated carbocycles. The third-order valence-electron chi connectivity index (χ3n) is 4.03. The molecule has 0 N–H and O–H groups in total. The van der Waals surface area contributed by atoms with Gasteiger partial charge in [0, 0.05) is 4.90 Å². The molecule has 7 heteroatoms. The number of carbonyl (C=O) groups excluding carboxylic acids is 1. The van der Waals surface area contributed by atoms with Gasteiger partial charge in [0.25, 0.3) is 0 Å². The Morgan fingerprint density at radius 1 is 0.857 bits per heavy atom. The summed E-state index contributed by atoms with van der Waals surface area (Å²) in [6.07, 6.45) is 6.73. The van der Waals surface area contributed by atoms with Crippen LogP contribution >= 0.6 is 11.8 Å². The number of thioether (sulfide) groups is 1. The van der Waals surface area contributed by atoms with Gasteiger partial charge in [-0.1, -0.05) is 44.4 Å². The molecule has 2 aromatic carbocycles. The van der Waals surface area contributed by atoms with Crippen molar-refractivity contribution in [3.8, 4) is 0 Å². The predicted molar refractivity (Wildman–Crippen MR) is 101 cm³/mol. The first-order valence-corrected chi connectivity index (χ1v) is 9.82. The molecule has 0 aromatic heterocycles. The van der Waals surface area contributed by atoms with Crippen LogP contribution in [0.2, 0.25) is 0 Å². The Morgan fingerprint density at radius 3 is 2.00 bits per heavy atom. The number of rotatable bonds is 9. The van der Waals surface area contributed by atoms with Crippen LogP contribution < -0.4 is 0 Å². The molecule has 1 nitrogen and oxygen atoms in total. The van der Waals surface area contributed by atoms with Gasteiger partial charge >= 0.3 is 0 Å². The summed E-state index contributed by atoms with van der Waals surface area (Å²) in [4.78, 5) is 13.0. The molecule has 0 atom stereocenters. The molecule has 150 valence electrons. The number of carbonyl (C=O) groups is 1. The van der Waals surface area contributed by atoms with Crippen molar-refractivity contribution in [2.45, 2.75) is 37.5 Å². The van der Waals surface area contributed by atoms with E-state index >= 15 is 0 Å². The van der Waals surface area contributed by atoms with Gasteiger partial charge in [-0.05, 0) is 35.9 Å². The van der Waals surface area contributed by atoms with Crippen molar-refractivity contribution in [1.82, 2.24) is 0 Å². The first-order valence-electron chi connectivity index (χ1n) is 8.83. The number of benzene rings is 2. The highest BCUT2D eigenvalue weighted by Crippen LogP contribution is 2.24. The Balaban J connectivity index is 2.05. The van der Waals surface area contributed by atoms with Crippen molar-refractivity contribution in [2.75, 3.05) is 5.75 Å². The fraction of sp³-hybridized carbons (Fsp3) is 0.286. The first-order chi connectivity index (χ1) is 13.4. The minimum absolute atomic E-state index is 0.563. The van der Waals surface area contributed by atoms with Gasteiger partial charge in [-0.25, -0.2) is 22.0 Å². The van der Waals surface area contributed by atoms with E-state index in [1.54, 1.807) is 23.9 Å². The minimum Gasteiger partial charge on any atom is -0.289 e. The lowest BCUT2D eigenvalue weighted by Crippen LogP contribution is -2.11. The van der Waals surface area contributed by atoms with Crippen LogP contribution in [-0.4, -0.2) is 11.5 Å². The highest BCUT2D eigenvalue weighted by molar-refractivity contribution is 7.99. The summed E-state index contributed by atoms with van der Waals surface area (Å²) >= 11 is 1.70. The minimum atomic E-state index is -2.29. The summed E-state index contributed by atoms with van der Waals surface area (Å²) in [7, 11) is 0. The maximum Gasteiger partial charge on any atom is 0.200 e. The average molecular weight is 414 g/mol. The number of hydrogen-bond donors (Lipinski definition) is 0. The van der Waals surface area contributed by atoms with Gasteiger partial charge in [-0.15, -0.1) is 11.8 Å². The lowest BCUT2D eigenvalue weighted by atomic mass is 10.1. The Hall–Kier alpha value is -2.15. The summed E-state index contributed by atoms with van der Waals surface area (Å²) in [5, 5.41) is 0. The van der Waals surface area contributed by atoms with E-state index < -0.39 is 40.4 Å². The lowest BCUT2D eigenvalue weighted by Gasteiger charge is -2.05. The Bertz CT molecular complexity index is 833. The number of unbranched alkanes of at least 4 members (excludes halogenated alkanes) is 3. The summed E-state index contributed by atoms with van der Waals surface area (Å²) in [6.45, 7) is 2.15. The number of ketones is 1. The van der Waals surface area contributed by atoms with Crippen LogP contribution in [0.5, 0.6) is 0 Å². The molecule has 0 aliphatic rings. The third-order valence-corrected chi connectivity index (χ3v) is 5.13. The van der Waals surface area contributed by atoms with Crippen LogP contribution in [0.3, 0.4) is 0 Å². The topological polar surface area (TPSA) is 17.1 Å². The summed E-state index contributed by atoms with van der Waals surface area (Å²) in [6, 6.07) is 7.09. The number of allylic oxidation sites excluding steroid dienone is 1. The van der Waals surface area contributed by atoms with Crippen molar-refractivity contribution in [2.24, 2.45) is 0 Å². The maximum atomic E-state index is 13.6. The van der Waals surface area contributed by atoms with E-state index in [0.29, 0.717) is 5.56 Å². The zero-order chi connectivity index (χ0) is 20.7. The van der Waals surface area contributed by atoms with Crippen LogP contribution in [0.15, 0.2) is 35.2 Å². The smallest absolute Gasteiger partial charge is 0.200 e. The van der Waals surface area contributed by atoms with Crippen molar-refractivity contribution in [3.63, 3.8) is 0 Å². The van der Waals surface area contributed by atoms with Crippen molar-refractivity contribution in [1.29, 1.82) is 0 Å². The largest absolute Gasteiger partial charge is 0.289 e. The SMILES string of the molecule is CCCCCCSc1ccc(/C=C/C(=O)c2c(F)c(F)c(F)c(F)c2F)cc1. The van der Waals surface area contributed by atoms with Crippen molar-refractivity contribution >= 4 is 23.6 Å². The molecule has 0 unspecified atom stereocenters. The molecule has 2 rings (SSSR count). The molecule has 0 bridgehead atoms. The summed E-state index contributed by atoms with van der Waals surface area (Å²) < 4.78 is 66.7. The molecular formula is C21H19F5OS. The first kappa shape index (κ1) is 22.1. The van der Waals surface area contributed by atoms with E-state index in [1.165, 1.54) is 25.3 Å². The Morgan fingerprint density at radius 2 is 1.43 bits per heavy atom. The molecule has 0 aliphatic heterocycles. The quantitative estimate of drug-likeness (QED) is 0.0840. The predicted octanol–water partition coefficient (Wildman–Crippen LogP) is 6.95. The highest BCUT2D eigenvalue weighted by Gasteiger charge is 2.28. The van der Waals surface area contributed by atoms with Crippen LogP contribution in [0.1, 0.15) is 48.5 Å². The van der Waals surface area contributed by atoms with Gasteiger partial charge in [0.15, 0.2) is 29.1 Å². The molecule has 0 amide bonds. The highest BCUT2D eigenvalue weighted by atomic mass is 32.2. The molecule has 2 aromatic rings. The Labute approximate surface area is 164 Å². The lowest BCUT2D eigenvalue weighted by molar-refractivity contribution is 0.103. The summed E-state index contributed by atoms with van der Waals surface area (Å²) in [5.41, 5.74) is -0.903. The van der Waals surface area contributed by atoms with E-state index in [9.17, 15) is 26.7 Å². The van der Waals surface area contributed by atoms with Crippen LogP contribution in [0.25, 0.3) is 6.08 Å². The van der Waals surface area contributed by atoms with Gasteiger partial charge in [-0.3, -0.25) is 4.79 Å². The fourth-order valence-electron chi connectivity index (χ4n) is 2.47. The molecule has 0 heterocycles. The second-order valence-electron chi connectivity index (χ2n) is 6.12. The van der Waals surface area contributed by atoms with E-state index in [-0.39, 0.29) is 0 Å². The second kappa shape index (κ2) is 10.4. The molecule has 28 heavy (non-hydrogen) atoms. The zero-order valence-corrected chi connectivity index (χ0v) is 16.0. The van der Waals surface area contributed by atoms with Crippen molar-refractivity contribution < 1.29 is 26.7 Å². The Kier molecular flexibility index (Phi) is 8.23. The third kappa shape index (κ3) is 5.44. The standard InChI is InChI=1S/C21H19F5OS/c1-2-3-4-5-12-28-14-9-6-13(7-10-14)8-11-15(27)16-17(22)19(24)21(26)20(25)18(16)23/h6-11H,2-5,12H2,1H3/b11-8+. The normalized spacial score (nSPS) is 11.4. The van der Waals surface area contributed by atoms with Crippen LogP contribution in [-0.2, 0) is 0 Å². The number of hydrogen-bond acceptors (Lipinski definition) is 2. The second-order valence-corrected chi connectivity index (χ2v) is 7.29. The van der Waals surface area contributed by atoms with E-state index in [4.69, 9.17) is 0 Å². The van der Waals surface area contributed by atoms with Crippen LogP contribution in [0.4, 0.5) is 22.0 Å². The molecular weight excluding hydrogens is 395 g/mol. The van der Waals surface area contributed by atoms with Gasteiger partial charge in [-0.2, -0.15) is 0 Å². The fourth-order valence-corrected chi connectivity index (χ4v) is 3.38. The van der Waals surface area contributed by atoms with Crippen molar-refractivity contribution in [3.05, 3.63) is 70.6 Å². The molecule has 0 spiro atoms. The van der Waals surface area contributed by atoms with E-state index in [0.717, 1.165) is 23.1 Å². The van der Waals surface area contributed by atoms with Gasteiger partial charge in [0.2, 0.25) is 5.82 Å². The van der Waals surface area contributed by atoms with Gasteiger partial charge < -0.3 is 0 Å². The monoisotopic (exact) mass is 414 g/mol. The van der Waals surface area contributed by atoms with E-state index in [2.05, 4.69) is 6.92 Å². The zero-order valence-electron chi connectivity index (χ0n) is 15.2. The number of halogens is 5. The molecule has 0 saturated heterocycles. The van der Waals surface area contributed by atoms with Gasteiger partial charge in [0.05, 0.1) is 5.56 Å². The van der Waals surface area contributed by atoms with Gasteiger partial charge in [0.1, 0.15) is 0 Å². The molecule has 0 aliphatic carbocycles. The molecule has 0 fully saturated rings.